The highest BCUT2D eigenvalue weighted by atomic mass is 32.2. The van der Waals surface area contributed by atoms with E-state index in [1.807, 2.05) is 6.92 Å². The molecule has 0 saturated carbocycles. The van der Waals surface area contributed by atoms with Gasteiger partial charge in [-0.3, -0.25) is 10.1 Å². The van der Waals surface area contributed by atoms with Crippen molar-refractivity contribution < 1.29 is 14.8 Å². The maximum Gasteiger partial charge on any atom is 0.356 e. The van der Waals surface area contributed by atoms with E-state index in [1.54, 1.807) is 16.7 Å². The Balaban J connectivity index is 2.24. The minimum absolute atomic E-state index is 0.0133. The number of carboxylic acid groups (broad SMARTS) is 1. The molecule has 0 bridgehead atoms. The number of carboxylic acids is 1. The van der Waals surface area contributed by atoms with E-state index in [-0.39, 0.29) is 11.4 Å². The summed E-state index contributed by atoms with van der Waals surface area (Å²) < 4.78 is 1.72. The SMILES string of the molecule is CCn1cc(C(=O)O)nc1Sc1ccc([N+](=O)[O-])cc1. The first kappa shape index (κ1) is 14.1. The molecule has 0 radical (unpaired) electrons. The lowest BCUT2D eigenvalue weighted by Gasteiger charge is -2.03. The zero-order chi connectivity index (χ0) is 14.7. The van der Waals surface area contributed by atoms with Gasteiger partial charge < -0.3 is 9.67 Å². The van der Waals surface area contributed by atoms with Gasteiger partial charge in [-0.15, -0.1) is 0 Å². The van der Waals surface area contributed by atoms with E-state index in [0.29, 0.717) is 11.7 Å². The molecule has 0 spiro atoms. The summed E-state index contributed by atoms with van der Waals surface area (Å²) in [5, 5.41) is 20.0. The Hall–Kier alpha value is -2.35. The zero-order valence-corrected chi connectivity index (χ0v) is 11.3. The summed E-state index contributed by atoms with van der Waals surface area (Å²) in [4.78, 5) is 25.8. The number of hydrogen-bond donors (Lipinski definition) is 1. The maximum atomic E-state index is 10.9. The van der Waals surface area contributed by atoms with Crippen molar-refractivity contribution in [3.05, 3.63) is 46.3 Å². The maximum absolute atomic E-state index is 10.9. The molecule has 1 aromatic heterocycles. The first-order valence-electron chi connectivity index (χ1n) is 5.74. The van der Waals surface area contributed by atoms with Crippen molar-refractivity contribution in [2.45, 2.75) is 23.5 Å². The van der Waals surface area contributed by atoms with Gasteiger partial charge in [0, 0.05) is 29.8 Å². The van der Waals surface area contributed by atoms with Crippen LogP contribution in [0.15, 0.2) is 40.5 Å². The van der Waals surface area contributed by atoms with E-state index in [0.717, 1.165) is 4.90 Å². The number of nitrogens with zero attached hydrogens (tertiary/aromatic N) is 3. The molecule has 1 heterocycles. The molecule has 7 nitrogen and oxygen atoms in total. The monoisotopic (exact) mass is 293 g/mol. The van der Waals surface area contributed by atoms with Crippen LogP contribution in [-0.2, 0) is 6.54 Å². The molecule has 0 amide bonds. The quantitative estimate of drug-likeness (QED) is 0.672. The average Bonchev–Trinajstić information content (AvgIpc) is 2.82. The fraction of sp³-hybridized carbons (Fsp3) is 0.167. The standard InChI is InChI=1S/C12H11N3O4S/c1-2-14-7-10(11(16)17)13-12(14)20-9-5-3-8(4-6-9)15(18)19/h3-7H,2H2,1H3,(H,16,17). The Morgan fingerprint density at radius 2 is 2.10 bits per heavy atom. The van der Waals surface area contributed by atoms with Crippen molar-refractivity contribution in [1.29, 1.82) is 0 Å². The van der Waals surface area contributed by atoms with E-state index < -0.39 is 10.9 Å². The number of aromatic carboxylic acids is 1. The van der Waals surface area contributed by atoms with Gasteiger partial charge in [-0.05, 0) is 19.1 Å². The van der Waals surface area contributed by atoms with Gasteiger partial charge in [0.05, 0.1) is 4.92 Å². The van der Waals surface area contributed by atoms with Crippen LogP contribution < -0.4 is 0 Å². The summed E-state index contributed by atoms with van der Waals surface area (Å²) in [5.74, 6) is -1.08. The third-order valence-electron chi connectivity index (χ3n) is 2.56. The second-order valence-electron chi connectivity index (χ2n) is 3.85. The molecule has 20 heavy (non-hydrogen) atoms. The topological polar surface area (TPSA) is 98.3 Å². The summed E-state index contributed by atoms with van der Waals surface area (Å²) in [5.41, 5.74) is -0.00401. The van der Waals surface area contributed by atoms with E-state index in [1.165, 1.54) is 30.1 Å². The molecular formula is C12H11N3O4S. The van der Waals surface area contributed by atoms with Gasteiger partial charge in [-0.1, -0.05) is 11.8 Å². The highest BCUT2D eigenvalue weighted by Crippen LogP contribution is 2.28. The summed E-state index contributed by atoms with van der Waals surface area (Å²) in [6, 6.07) is 6.02. The number of nitro benzene ring substituents is 1. The highest BCUT2D eigenvalue weighted by Gasteiger charge is 2.14. The third-order valence-corrected chi connectivity index (χ3v) is 3.57. The Kier molecular flexibility index (Phi) is 4.04. The van der Waals surface area contributed by atoms with E-state index >= 15 is 0 Å². The Morgan fingerprint density at radius 3 is 2.60 bits per heavy atom. The lowest BCUT2D eigenvalue weighted by molar-refractivity contribution is -0.384. The highest BCUT2D eigenvalue weighted by molar-refractivity contribution is 7.99. The molecule has 0 aliphatic heterocycles. The van der Waals surface area contributed by atoms with Crippen molar-refractivity contribution >= 4 is 23.4 Å². The lowest BCUT2D eigenvalue weighted by atomic mass is 10.3. The van der Waals surface area contributed by atoms with Gasteiger partial charge in [0.2, 0.25) is 0 Å². The summed E-state index contributed by atoms with van der Waals surface area (Å²) >= 11 is 1.26. The van der Waals surface area contributed by atoms with Crippen molar-refractivity contribution in [2.75, 3.05) is 0 Å². The number of aromatic nitrogens is 2. The second-order valence-corrected chi connectivity index (χ2v) is 4.89. The minimum Gasteiger partial charge on any atom is -0.476 e. The molecule has 1 N–H and O–H groups in total. The molecule has 1 aromatic carbocycles. The van der Waals surface area contributed by atoms with Crippen LogP contribution in [0.4, 0.5) is 5.69 Å². The van der Waals surface area contributed by atoms with Gasteiger partial charge in [0.1, 0.15) is 0 Å². The van der Waals surface area contributed by atoms with Crippen molar-refractivity contribution in [3.63, 3.8) is 0 Å². The number of non-ortho nitro benzene ring substituents is 1. The van der Waals surface area contributed by atoms with Crippen LogP contribution in [0.25, 0.3) is 0 Å². The van der Waals surface area contributed by atoms with Crippen LogP contribution in [0.3, 0.4) is 0 Å². The molecule has 0 fully saturated rings. The van der Waals surface area contributed by atoms with Crippen LogP contribution in [0.5, 0.6) is 0 Å². The van der Waals surface area contributed by atoms with Crippen molar-refractivity contribution in [2.24, 2.45) is 0 Å². The van der Waals surface area contributed by atoms with Crippen LogP contribution in [-0.4, -0.2) is 25.6 Å². The van der Waals surface area contributed by atoms with Gasteiger partial charge in [-0.2, -0.15) is 0 Å². The van der Waals surface area contributed by atoms with Gasteiger partial charge in [0.25, 0.3) is 5.69 Å². The number of rotatable bonds is 5. The number of nitro groups is 1. The molecule has 0 aliphatic carbocycles. The summed E-state index contributed by atoms with van der Waals surface area (Å²) in [7, 11) is 0. The number of aryl methyl sites for hydroxylation is 1. The Labute approximate surface area is 118 Å². The molecule has 0 saturated heterocycles. The fourth-order valence-electron chi connectivity index (χ4n) is 1.55. The molecule has 0 atom stereocenters. The molecular weight excluding hydrogens is 282 g/mol. The molecule has 8 heteroatoms. The molecule has 2 rings (SSSR count). The first-order chi connectivity index (χ1) is 9.51. The number of carbonyl (C=O) groups is 1. The van der Waals surface area contributed by atoms with E-state index in [4.69, 9.17) is 5.11 Å². The van der Waals surface area contributed by atoms with Gasteiger partial charge in [-0.25, -0.2) is 9.78 Å². The number of hydrogen-bond acceptors (Lipinski definition) is 5. The van der Waals surface area contributed by atoms with Crippen LogP contribution in [0, 0.1) is 10.1 Å². The predicted octanol–water partition coefficient (Wildman–Crippen LogP) is 2.66. The molecule has 2 aromatic rings. The average molecular weight is 293 g/mol. The normalized spacial score (nSPS) is 10.4. The van der Waals surface area contributed by atoms with Crippen LogP contribution in [0.1, 0.15) is 17.4 Å². The lowest BCUT2D eigenvalue weighted by Crippen LogP contribution is -1.95. The van der Waals surface area contributed by atoms with Crippen molar-refractivity contribution in [3.8, 4) is 0 Å². The minimum atomic E-state index is -1.08. The summed E-state index contributed by atoms with van der Waals surface area (Å²) in [6.45, 7) is 2.48. The van der Waals surface area contributed by atoms with E-state index in [9.17, 15) is 14.9 Å². The van der Waals surface area contributed by atoms with Gasteiger partial charge >= 0.3 is 5.97 Å². The Bertz CT molecular complexity index is 651. The largest absolute Gasteiger partial charge is 0.476 e. The van der Waals surface area contributed by atoms with Crippen molar-refractivity contribution in [1.82, 2.24) is 9.55 Å². The third kappa shape index (κ3) is 2.97. The number of imidazole rings is 1. The second kappa shape index (κ2) is 5.74. The molecule has 104 valence electrons. The fourth-order valence-corrected chi connectivity index (χ4v) is 2.48. The van der Waals surface area contributed by atoms with Crippen LogP contribution in [0.2, 0.25) is 0 Å². The molecule has 0 aliphatic rings. The first-order valence-corrected chi connectivity index (χ1v) is 6.55. The van der Waals surface area contributed by atoms with Crippen LogP contribution >= 0.6 is 11.8 Å². The summed E-state index contributed by atoms with van der Waals surface area (Å²) in [6.07, 6.45) is 1.47. The van der Waals surface area contributed by atoms with E-state index in [2.05, 4.69) is 4.98 Å². The molecule has 0 unspecified atom stereocenters. The smallest absolute Gasteiger partial charge is 0.356 e. The van der Waals surface area contributed by atoms with Gasteiger partial charge in [0.15, 0.2) is 10.9 Å². The number of benzene rings is 1. The predicted molar refractivity (Wildman–Crippen MR) is 72.1 cm³/mol. The Morgan fingerprint density at radius 1 is 1.45 bits per heavy atom. The zero-order valence-electron chi connectivity index (χ0n) is 10.5.